The van der Waals surface area contributed by atoms with E-state index in [1.807, 2.05) is 25.1 Å². The Hall–Kier alpha value is -2.48. The molecule has 8 heteroatoms. The quantitative estimate of drug-likeness (QED) is 0.419. The molecule has 0 saturated carbocycles. The van der Waals surface area contributed by atoms with E-state index in [-0.39, 0.29) is 17.4 Å². The van der Waals surface area contributed by atoms with Gasteiger partial charge in [0.25, 0.3) is 5.56 Å². The molecule has 0 fully saturated rings. The third-order valence-corrected chi connectivity index (χ3v) is 4.82. The molecule has 3 N–H and O–H groups in total. The van der Waals surface area contributed by atoms with Crippen molar-refractivity contribution < 1.29 is 9.59 Å². The summed E-state index contributed by atoms with van der Waals surface area (Å²) in [5.74, 6) is -0.306. The summed E-state index contributed by atoms with van der Waals surface area (Å²) in [6, 6.07) is 6.76. The zero-order valence-electron chi connectivity index (χ0n) is 16.4. The van der Waals surface area contributed by atoms with Crippen LogP contribution in [-0.4, -0.2) is 34.0 Å². The predicted octanol–water partition coefficient (Wildman–Crippen LogP) is 2.65. The van der Waals surface area contributed by atoms with E-state index in [1.165, 1.54) is 0 Å². The lowest BCUT2D eigenvalue weighted by Crippen LogP contribution is -2.44. The molecule has 0 radical (unpaired) electrons. The molecule has 2 aromatic rings. The van der Waals surface area contributed by atoms with E-state index in [2.05, 4.69) is 15.6 Å². The van der Waals surface area contributed by atoms with Crippen LogP contribution in [0.1, 0.15) is 46.0 Å². The van der Waals surface area contributed by atoms with Gasteiger partial charge in [-0.15, -0.1) is 0 Å². The molecule has 0 spiro atoms. The minimum Gasteiger partial charge on any atom is -0.354 e. The lowest BCUT2D eigenvalue weighted by atomic mass is 10.1. The maximum absolute atomic E-state index is 12.6. The van der Waals surface area contributed by atoms with E-state index >= 15 is 0 Å². The summed E-state index contributed by atoms with van der Waals surface area (Å²) in [7, 11) is 0. The zero-order chi connectivity index (χ0) is 20.5. The zero-order valence-corrected chi connectivity index (χ0v) is 17.2. The summed E-state index contributed by atoms with van der Waals surface area (Å²) in [4.78, 5) is 39.3. The minimum absolute atomic E-state index is 0.0935. The Morgan fingerprint density at radius 3 is 2.71 bits per heavy atom. The number of unbranched alkanes of at least 4 members (excludes halogenated alkanes) is 2. The molecule has 0 saturated heterocycles. The molecular formula is C20H28N4O3S. The number of hydrogen-bond donors (Lipinski definition) is 3. The van der Waals surface area contributed by atoms with Crippen molar-refractivity contribution >= 4 is 34.9 Å². The smallest absolute Gasteiger partial charge is 0.262 e. The van der Waals surface area contributed by atoms with Crippen molar-refractivity contribution in [1.82, 2.24) is 20.2 Å². The number of fused-ring (bicyclic) bond motifs is 1. The maximum atomic E-state index is 12.6. The monoisotopic (exact) mass is 404 g/mol. The second kappa shape index (κ2) is 10.8. The van der Waals surface area contributed by atoms with Crippen LogP contribution in [0.2, 0.25) is 0 Å². The number of benzene rings is 1. The standard InChI is InChI=1S/C20H28N4O3S/c1-3-12-21-18(26)14(2)22-17(25)11-5-4-8-13-24-19(27)15-9-6-7-10-16(15)23-20(24)28/h6-7,9-10,14H,3-5,8,11-13H2,1-2H3,(H,21,26)(H,22,25)(H,23,28). The van der Waals surface area contributed by atoms with Gasteiger partial charge < -0.3 is 15.6 Å². The third-order valence-electron chi connectivity index (χ3n) is 4.49. The van der Waals surface area contributed by atoms with Gasteiger partial charge in [0, 0.05) is 19.5 Å². The lowest BCUT2D eigenvalue weighted by molar-refractivity contribution is -0.128. The van der Waals surface area contributed by atoms with Crippen LogP contribution in [0.25, 0.3) is 10.9 Å². The Morgan fingerprint density at radius 1 is 1.21 bits per heavy atom. The number of nitrogens with zero attached hydrogens (tertiary/aromatic N) is 1. The molecule has 1 aromatic heterocycles. The number of carbonyl (C=O) groups is 2. The molecule has 0 bridgehead atoms. The van der Waals surface area contributed by atoms with Crippen molar-refractivity contribution in [3.05, 3.63) is 39.4 Å². The predicted molar refractivity (Wildman–Crippen MR) is 113 cm³/mol. The van der Waals surface area contributed by atoms with Gasteiger partial charge in [-0.2, -0.15) is 0 Å². The first-order valence-electron chi connectivity index (χ1n) is 9.73. The summed E-state index contributed by atoms with van der Waals surface area (Å²) in [6.45, 7) is 4.77. The molecule has 1 atom stereocenters. The van der Waals surface area contributed by atoms with Crippen LogP contribution in [-0.2, 0) is 16.1 Å². The molecule has 7 nitrogen and oxygen atoms in total. The first-order valence-corrected chi connectivity index (χ1v) is 10.1. The number of H-pyrrole nitrogens is 1. The number of aromatic amines is 1. The van der Waals surface area contributed by atoms with Gasteiger partial charge in [0.2, 0.25) is 11.8 Å². The summed E-state index contributed by atoms with van der Waals surface area (Å²) in [5.41, 5.74) is 0.645. The SMILES string of the molecule is CCCNC(=O)C(C)NC(=O)CCCCCn1c(=S)[nH]c2ccccc2c1=O. The Kier molecular flexibility index (Phi) is 8.38. The first-order chi connectivity index (χ1) is 13.4. The Balaban J connectivity index is 1.77. The van der Waals surface area contributed by atoms with Crippen LogP contribution in [0.3, 0.4) is 0 Å². The summed E-state index contributed by atoms with van der Waals surface area (Å²) < 4.78 is 1.98. The molecule has 152 valence electrons. The fourth-order valence-electron chi connectivity index (χ4n) is 2.91. The highest BCUT2D eigenvalue weighted by Gasteiger charge is 2.14. The van der Waals surface area contributed by atoms with E-state index < -0.39 is 6.04 Å². The fraction of sp³-hybridized carbons (Fsp3) is 0.500. The van der Waals surface area contributed by atoms with Gasteiger partial charge in [0.1, 0.15) is 6.04 Å². The maximum Gasteiger partial charge on any atom is 0.262 e. The van der Waals surface area contributed by atoms with Gasteiger partial charge in [-0.05, 0) is 50.5 Å². The molecule has 1 unspecified atom stereocenters. The average Bonchev–Trinajstić information content (AvgIpc) is 2.67. The normalized spacial score (nSPS) is 11.9. The van der Waals surface area contributed by atoms with Crippen molar-refractivity contribution in [2.45, 2.75) is 58.5 Å². The molecule has 1 heterocycles. The molecule has 28 heavy (non-hydrogen) atoms. The number of aromatic nitrogens is 2. The van der Waals surface area contributed by atoms with Gasteiger partial charge in [-0.3, -0.25) is 19.0 Å². The van der Waals surface area contributed by atoms with Crippen LogP contribution in [0.5, 0.6) is 0 Å². The molecule has 2 rings (SSSR count). The van der Waals surface area contributed by atoms with Crippen LogP contribution in [0.4, 0.5) is 0 Å². The van der Waals surface area contributed by atoms with Crippen molar-refractivity contribution in [2.75, 3.05) is 6.54 Å². The van der Waals surface area contributed by atoms with Crippen LogP contribution in [0, 0.1) is 4.77 Å². The van der Waals surface area contributed by atoms with Crippen LogP contribution < -0.4 is 16.2 Å². The minimum atomic E-state index is -0.534. The van der Waals surface area contributed by atoms with Gasteiger partial charge in [-0.25, -0.2) is 0 Å². The number of carbonyl (C=O) groups excluding carboxylic acids is 2. The van der Waals surface area contributed by atoms with E-state index in [0.29, 0.717) is 36.1 Å². The van der Waals surface area contributed by atoms with Crippen molar-refractivity contribution in [1.29, 1.82) is 0 Å². The molecule has 0 aliphatic carbocycles. The molecule has 2 amide bonds. The fourth-order valence-corrected chi connectivity index (χ4v) is 3.20. The van der Waals surface area contributed by atoms with E-state index in [4.69, 9.17) is 12.2 Å². The number of amides is 2. The lowest BCUT2D eigenvalue weighted by Gasteiger charge is -2.13. The van der Waals surface area contributed by atoms with E-state index in [0.717, 1.165) is 24.8 Å². The van der Waals surface area contributed by atoms with E-state index in [1.54, 1.807) is 17.6 Å². The van der Waals surface area contributed by atoms with E-state index in [9.17, 15) is 14.4 Å². The second-order valence-electron chi connectivity index (χ2n) is 6.82. The summed E-state index contributed by atoms with van der Waals surface area (Å²) >= 11 is 5.29. The first kappa shape index (κ1) is 21.8. The Morgan fingerprint density at radius 2 is 1.96 bits per heavy atom. The number of hydrogen-bond acceptors (Lipinski definition) is 4. The third kappa shape index (κ3) is 6.02. The van der Waals surface area contributed by atoms with Crippen LogP contribution >= 0.6 is 12.2 Å². The van der Waals surface area contributed by atoms with Gasteiger partial charge in [0.05, 0.1) is 10.9 Å². The second-order valence-corrected chi connectivity index (χ2v) is 7.21. The van der Waals surface area contributed by atoms with Crippen LogP contribution in [0.15, 0.2) is 29.1 Å². The van der Waals surface area contributed by atoms with Crippen molar-refractivity contribution in [3.63, 3.8) is 0 Å². The Bertz CT molecular complexity index is 935. The number of rotatable bonds is 10. The van der Waals surface area contributed by atoms with Gasteiger partial charge in [-0.1, -0.05) is 25.5 Å². The molecular weight excluding hydrogens is 376 g/mol. The number of para-hydroxylation sites is 1. The Labute approximate surface area is 169 Å². The highest BCUT2D eigenvalue weighted by Crippen LogP contribution is 2.07. The van der Waals surface area contributed by atoms with Crippen molar-refractivity contribution in [2.24, 2.45) is 0 Å². The highest BCUT2D eigenvalue weighted by atomic mass is 32.1. The summed E-state index contributed by atoms with van der Waals surface area (Å²) in [6.07, 6.45) is 3.43. The topological polar surface area (TPSA) is 96.0 Å². The molecule has 1 aromatic carbocycles. The summed E-state index contributed by atoms with van der Waals surface area (Å²) in [5, 5.41) is 6.08. The largest absolute Gasteiger partial charge is 0.354 e. The molecule has 0 aliphatic rings. The molecule has 0 aliphatic heterocycles. The number of nitrogens with one attached hydrogen (secondary N) is 3. The van der Waals surface area contributed by atoms with Gasteiger partial charge >= 0.3 is 0 Å². The van der Waals surface area contributed by atoms with Crippen molar-refractivity contribution in [3.8, 4) is 0 Å². The van der Waals surface area contributed by atoms with Gasteiger partial charge in [0.15, 0.2) is 4.77 Å². The highest BCUT2D eigenvalue weighted by molar-refractivity contribution is 7.71. The average molecular weight is 405 g/mol.